The van der Waals surface area contributed by atoms with Crippen LogP contribution in [0.4, 0.5) is 0 Å². The van der Waals surface area contributed by atoms with Gasteiger partial charge in [0.1, 0.15) is 6.29 Å². The number of rotatable bonds is 2. The molecular weight excluding hydrogens is 204 g/mol. The summed E-state index contributed by atoms with van der Waals surface area (Å²) in [6, 6.07) is 7.77. The maximum absolute atomic E-state index is 10.4. The second-order valence-corrected chi connectivity index (χ2v) is 3.39. The molecule has 1 unspecified atom stereocenters. The zero-order chi connectivity index (χ0) is 8.27. The third-order valence-corrected chi connectivity index (χ3v) is 2.13. The average Bonchev–Trinajstić information content (AvgIpc) is 2.05. The van der Waals surface area contributed by atoms with Gasteiger partial charge in [0.2, 0.25) is 0 Å². The van der Waals surface area contributed by atoms with Gasteiger partial charge in [0.05, 0.1) is 0 Å². The van der Waals surface area contributed by atoms with E-state index in [0.717, 1.165) is 16.3 Å². The van der Waals surface area contributed by atoms with Crippen LogP contribution in [0, 0.1) is 0 Å². The van der Waals surface area contributed by atoms with Crippen LogP contribution in [0.15, 0.2) is 28.7 Å². The van der Waals surface area contributed by atoms with Crippen molar-refractivity contribution in [2.45, 2.75) is 12.8 Å². The van der Waals surface area contributed by atoms with Crippen LogP contribution in [0.3, 0.4) is 0 Å². The van der Waals surface area contributed by atoms with E-state index in [-0.39, 0.29) is 5.92 Å². The average molecular weight is 213 g/mol. The first kappa shape index (κ1) is 8.47. The van der Waals surface area contributed by atoms with Crippen LogP contribution >= 0.6 is 15.9 Å². The van der Waals surface area contributed by atoms with Crippen LogP contribution < -0.4 is 0 Å². The number of halogens is 1. The number of hydrogen-bond acceptors (Lipinski definition) is 1. The SMILES string of the molecule is CC(C=O)c1ccc(Br)cc1. The van der Waals surface area contributed by atoms with E-state index in [2.05, 4.69) is 15.9 Å². The number of benzene rings is 1. The molecule has 0 saturated carbocycles. The van der Waals surface area contributed by atoms with Gasteiger partial charge in [0, 0.05) is 10.4 Å². The van der Waals surface area contributed by atoms with E-state index in [4.69, 9.17) is 0 Å². The van der Waals surface area contributed by atoms with Crippen LogP contribution in [-0.2, 0) is 4.79 Å². The molecule has 0 radical (unpaired) electrons. The third kappa shape index (κ3) is 2.15. The van der Waals surface area contributed by atoms with E-state index >= 15 is 0 Å². The van der Waals surface area contributed by atoms with Crippen molar-refractivity contribution >= 4 is 22.2 Å². The van der Waals surface area contributed by atoms with Gasteiger partial charge in [-0.1, -0.05) is 35.0 Å². The van der Waals surface area contributed by atoms with E-state index in [1.807, 2.05) is 31.2 Å². The molecule has 11 heavy (non-hydrogen) atoms. The van der Waals surface area contributed by atoms with Crippen molar-refractivity contribution in [1.29, 1.82) is 0 Å². The Balaban J connectivity index is 2.89. The summed E-state index contributed by atoms with van der Waals surface area (Å²) in [4.78, 5) is 10.4. The minimum atomic E-state index is 0.00287. The normalized spacial score (nSPS) is 12.5. The van der Waals surface area contributed by atoms with Crippen molar-refractivity contribution in [2.75, 3.05) is 0 Å². The van der Waals surface area contributed by atoms with Gasteiger partial charge in [-0.25, -0.2) is 0 Å². The molecule has 1 rings (SSSR count). The van der Waals surface area contributed by atoms with Crippen LogP contribution in [0.25, 0.3) is 0 Å². The Morgan fingerprint density at radius 2 is 1.91 bits per heavy atom. The smallest absolute Gasteiger partial charge is 0.127 e. The standard InChI is InChI=1S/C9H9BrO/c1-7(6-11)8-2-4-9(10)5-3-8/h2-7H,1H3. The number of carbonyl (C=O) groups excluding carboxylic acids is 1. The first-order chi connectivity index (χ1) is 5.24. The molecule has 0 heterocycles. The molecule has 1 aromatic rings. The van der Waals surface area contributed by atoms with Gasteiger partial charge in [-0.15, -0.1) is 0 Å². The lowest BCUT2D eigenvalue weighted by molar-refractivity contribution is -0.108. The molecule has 0 saturated heterocycles. The predicted octanol–water partition coefficient (Wildman–Crippen LogP) is 2.75. The summed E-state index contributed by atoms with van der Waals surface area (Å²) < 4.78 is 1.04. The fourth-order valence-electron chi connectivity index (χ4n) is 0.845. The second-order valence-electron chi connectivity index (χ2n) is 2.48. The Morgan fingerprint density at radius 3 is 2.36 bits per heavy atom. The van der Waals surface area contributed by atoms with Gasteiger partial charge < -0.3 is 4.79 Å². The largest absolute Gasteiger partial charge is 0.303 e. The molecule has 0 bridgehead atoms. The topological polar surface area (TPSA) is 17.1 Å². The number of aldehydes is 1. The highest BCUT2D eigenvalue weighted by Gasteiger charge is 2.01. The Hall–Kier alpha value is -0.630. The molecule has 2 heteroatoms. The summed E-state index contributed by atoms with van der Waals surface area (Å²) in [5, 5.41) is 0. The first-order valence-corrected chi connectivity index (χ1v) is 4.24. The van der Waals surface area contributed by atoms with Gasteiger partial charge >= 0.3 is 0 Å². The predicted molar refractivity (Wildman–Crippen MR) is 48.6 cm³/mol. The molecule has 0 aliphatic heterocycles. The highest BCUT2D eigenvalue weighted by Crippen LogP contribution is 2.16. The summed E-state index contributed by atoms with van der Waals surface area (Å²) in [6.45, 7) is 1.89. The van der Waals surface area contributed by atoms with Crippen LogP contribution in [0.1, 0.15) is 18.4 Å². The van der Waals surface area contributed by atoms with Crippen molar-refractivity contribution in [3.05, 3.63) is 34.3 Å². The molecule has 58 valence electrons. The first-order valence-electron chi connectivity index (χ1n) is 3.45. The van der Waals surface area contributed by atoms with Crippen LogP contribution in [0.5, 0.6) is 0 Å². The summed E-state index contributed by atoms with van der Waals surface area (Å²) in [6.07, 6.45) is 0.948. The molecule has 1 atom stereocenters. The van der Waals surface area contributed by atoms with Gasteiger partial charge in [0.25, 0.3) is 0 Å². The van der Waals surface area contributed by atoms with E-state index in [1.165, 1.54) is 0 Å². The minimum absolute atomic E-state index is 0.00287. The lowest BCUT2D eigenvalue weighted by atomic mass is 10.0. The maximum atomic E-state index is 10.4. The van der Waals surface area contributed by atoms with Crippen molar-refractivity contribution in [2.24, 2.45) is 0 Å². The van der Waals surface area contributed by atoms with Gasteiger partial charge in [-0.2, -0.15) is 0 Å². The highest BCUT2D eigenvalue weighted by atomic mass is 79.9. The summed E-state index contributed by atoms with van der Waals surface area (Å²) in [5.41, 5.74) is 1.06. The summed E-state index contributed by atoms with van der Waals surface area (Å²) in [5.74, 6) is 0.00287. The Labute approximate surface area is 74.6 Å². The van der Waals surface area contributed by atoms with Crippen molar-refractivity contribution in [3.63, 3.8) is 0 Å². The Kier molecular flexibility index (Phi) is 2.83. The summed E-state index contributed by atoms with van der Waals surface area (Å²) in [7, 11) is 0. The zero-order valence-electron chi connectivity index (χ0n) is 6.25. The van der Waals surface area contributed by atoms with Crippen LogP contribution in [0.2, 0.25) is 0 Å². The lowest BCUT2D eigenvalue weighted by Crippen LogP contribution is -1.92. The monoisotopic (exact) mass is 212 g/mol. The Bertz CT molecular complexity index is 240. The van der Waals surface area contributed by atoms with E-state index in [0.29, 0.717) is 0 Å². The molecule has 1 nitrogen and oxygen atoms in total. The van der Waals surface area contributed by atoms with Gasteiger partial charge in [0.15, 0.2) is 0 Å². The quantitative estimate of drug-likeness (QED) is 0.690. The van der Waals surface area contributed by atoms with Gasteiger partial charge in [-0.05, 0) is 17.7 Å². The molecule has 0 aliphatic rings. The molecule has 0 aromatic heterocycles. The number of carbonyl (C=O) groups is 1. The van der Waals surface area contributed by atoms with E-state index in [1.54, 1.807) is 0 Å². The fourth-order valence-corrected chi connectivity index (χ4v) is 1.11. The Morgan fingerprint density at radius 1 is 1.36 bits per heavy atom. The summed E-state index contributed by atoms with van der Waals surface area (Å²) >= 11 is 3.33. The van der Waals surface area contributed by atoms with E-state index in [9.17, 15) is 4.79 Å². The highest BCUT2D eigenvalue weighted by molar-refractivity contribution is 9.10. The molecule has 0 N–H and O–H groups in total. The molecule has 0 spiro atoms. The van der Waals surface area contributed by atoms with E-state index < -0.39 is 0 Å². The molecular formula is C9H9BrO. The third-order valence-electron chi connectivity index (χ3n) is 1.60. The molecule has 0 amide bonds. The number of hydrogen-bond donors (Lipinski definition) is 0. The van der Waals surface area contributed by atoms with Crippen molar-refractivity contribution < 1.29 is 4.79 Å². The van der Waals surface area contributed by atoms with Gasteiger partial charge in [-0.3, -0.25) is 0 Å². The van der Waals surface area contributed by atoms with Crippen molar-refractivity contribution in [3.8, 4) is 0 Å². The maximum Gasteiger partial charge on any atom is 0.127 e. The lowest BCUT2D eigenvalue weighted by Gasteiger charge is -2.02. The zero-order valence-corrected chi connectivity index (χ0v) is 7.84. The second kappa shape index (κ2) is 3.67. The molecule has 0 aliphatic carbocycles. The minimum Gasteiger partial charge on any atom is -0.303 e. The molecule has 1 aromatic carbocycles. The fraction of sp³-hybridized carbons (Fsp3) is 0.222. The van der Waals surface area contributed by atoms with Crippen molar-refractivity contribution in [1.82, 2.24) is 0 Å². The van der Waals surface area contributed by atoms with Crippen LogP contribution in [-0.4, -0.2) is 6.29 Å². The molecule has 0 fully saturated rings.